The summed E-state index contributed by atoms with van der Waals surface area (Å²) in [6.07, 6.45) is 6.17. The molecule has 0 aromatic rings. The van der Waals surface area contributed by atoms with Gasteiger partial charge in [-0.25, -0.2) is 4.79 Å². The van der Waals surface area contributed by atoms with Gasteiger partial charge in [0.15, 0.2) is 0 Å². The summed E-state index contributed by atoms with van der Waals surface area (Å²) < 4.78 is 0. The average molecular weight is 155 g/mol. The van der Waals surface area contributed by atoms with Crippen molar-refractivity contribution in [3.05, 3.63) is 0 Å². The number of hydrogen-bond acceptors (Lipinski definition) is 2. The topological polar surface area (TPSA) is 29.4 Å². The first-order valence-corrected chi connectivity index (χ1v) is 4.21. The van der Waals surface area contributed by atoms with Crippen molar-refractivity contribution < 1.29 is 4.79 Å². The van der Waals surface area contributed by atoms with E-state index in [-0.39, 0.29) is 5.54 Å². The Hall–Kier alpha value is -0.620. The van der Waals surface area contributed by atoms with E-state index >= 15 is 0 Å². The third-order valence-electron chi connectivity index (χ3n) is 1.74. The minimum Gasteiger partial charge on any atom is -0.211 e. The predicted octanol–water partition coefficient (Wildman–Crippen LogP) is 2.68. The van der Waals surface area contributed by atoms with Crippen LogP contribution in [0.2, 0.25) is 0 Å². The normalized spacial score (nSPS) is 10.8. The molecule has 0 unspecified atom stereocenters. The minimum absolute atomic E-state index is 0.198. The molecule has 0 atom stereocenters. The van der Waals surface area contributed by atoms with E-state index in [1.807, 2.05) is 13.8 Å². The Morgan fingerprint density at radius 2 is 2.00 bits per heavy atom. The third-order valence-corrected chi connectivity index (χ3v) is 1.74. The van der Waals surface area contributed by atoms with Gasteiger partial charge in [0.1, 0.15) is 0 Å². The van der Waals surface area contributed by atoms with E-state index in [1.54, 1.807) is 6.08 Å². The highest BCUT2D eigenvalue weighted by Crippen LogP contribution is 2.17. The fraction of sp³-hybridized carbons (Fsp3) is 0.889. The Morgan fingerprint density at radius 1 is 1.36 bits per heavy atom. The molecule has 0 aromatic carbocycles. The second-order valence-electron chi connectivity index (χ2n) is 3.47. The molecule has 11 heavy (non-hydrogen) atoms. The number of unbranched alkanes of at least 4 members (excludes halogenated alkanes) is 2. The van der Waals surface area contributed by atoms with E-state index < -0.39 is 0 Å². The van der Waals surface area contributed by atoms with Crippen molar-refractivity contribution in [2.24, 2.45) is 4.99 Å². The molecule has 0 bridgehead atoms. The average Bonchev–Trinajstić information content (AvgIpc) is 1.87. The fourth-order valence-corrected chi connectivity index (χ4v) is 0.987. The molecular formula is C9H17NO. The highest BCUT2D eigenvalue weighted by Gasteiger charge is 2.14. The predicted molar refractivity (Wildman–Crippen MR) is 46.3 cm³/mol. The van der Waals surface area contributed by atoms with Crippen LogP contribution in [0.15, 0.2) is 4.99 Å². The second-order valence-corrected chi connectivity index (χ2v) is 3.47. The first kappa shape index (κ1) is 10.4. The lowest BCUT2D eigenvalue weighted by molar-refractivity contribution is 0.445. The van der Waals surface area contributed by atoms with Crippen LogP contribution in [-0.2, 0) is 4.79 Å². The van der Waals surface area contributed by atoms with E-state index in [9.17, 15) is 4.79 Å². The lowest BCUT2D eigenvalue weighted by Crippen LogP contribution is -2.15. The summed E-state index contributed by atoms with van der Waals surface area (Å²) in [4.78, 5) is 13.7. The highest BCUT2D eigenvalue weighted by molar-refractivity contribution is 5.34. The minimum atomic E-state index is -0.198. The summed E-state index contributed by atoms with van der Waals surface area (Å²) in [7, 11) is 0. The molecule has 0 amide bonds. The zero-order valence-corrected chi connectivity index (χ0v) is 7.68. The van der Waals surface area contributed by atoms with Gasteiger partial charge in [0.2, 0.25) is 6.08 Å². The van der Waals surface area contributed by atoms with Gasteiger partial charge in [0.05, 0.1) is 5.54 Å². The Morgan fingerprint density at radius 3 is 2.45 bits per heavy atom. The summed E-state index contributed by atoms with van der Waals surface area (Å²) in [6.45, 7) is 6.09. The SMILES string of the molecule is CCCCCC(C)(C)N=C=O. The van der Waals surface area contributed by atoms with Crippen LogP contribution in [0.25, 0.3) is 0 Å². The van der Waals surface area contributed by atoms with E-state index in [1.165, 1.54) is 12.8 Å². The molecule has 0 fully saturated rings. The number of hydrogen-bond donors (Lipinski definition) is 0. The Bertz CT molecular complexity index is 146. The quantitative estimate of drug-likeness (QED) is 0.341. The summed E-state index contributed by atoms with van der Waals surface area (Å²) in [5.74, 6) is 0. The lowest BCUT2D eigenvalue weighted by Gasteiger charge is -2.15. The standard InChI is InChI=1S/C9H17NO/c1-4-5-6-7-9(2,3)10-8-11/h4-7H2,1-3H3. The van der Waals surface area contributed by atoms with Gasteiger partial charge < -0.3 is 0 Å². The third kappa shape index (κ3) is 5.81. The van der Waals surface area contributed by atoms with Gasteiger partial charge >= 0.3 is 0 Å². The van der Waals surface area contributed by atoms with Gasteiger partial charge in [-0.05, 0) is 20.3 Å². The molecule has 0 radical (unpaired) electrons. The monoisotopic (exact) mass is 155 g/mol. The van der Waals surface area contributed by atoms with Gasteiger partial charge in [0.25, 0.3) is 0 Å². The molecule has 0 rings (SSSR count). The molecule has 2 heteroatoms. The van der Waals surface area contributed by atoms with Crippen LogP contribution in [0, 0.1) is 0 Å². The maximum atomic E-state index is 9.96. The summed E-state index contributed by atoms with van der Waals surface area (Å²) in [5.41, 5.74) is -0.198. The van der Waals surface area contributed by atoms with Crippen molar-refractivity contribution in [3.8, 4) is 0 Å². The Balaban J connectivity index is 3.63. The summed E-state index contributed by atoms with van der Waals surface area (Å²) >= 11 is 0. The van der Waals surface area contributed by atoms with Crippen molar-refractivity contribution in [1.82, 2.24) is 0 Å². The van der Waals surface area contributed by atoms with E-state index in [2.05, 4.69) is 11.9 Å². The molecule has 0 aliphatic rings. The Kier molecular flexibility index (Phi) is 4.80. The number of nitrogens with zero attached hydrogens (tertiary/aromatic N) is 1. The van der Waals surface area contributed by atoms with Gasteiger partial charge in [-0.15, -0.1) is 0 Å². The van der Waals surface area contributed by atoms with Crippen molar-refractivity contribution in [2.45, 2.75) is 52.0 Å². The molecule has 0 aliphatic heterocycles. The maximum absolute atomic E-state index is 9.96. The smallest absolute Gasteiger partial charge is 0.211 e. The van der Waals surface area contributed by atoms with Gasteiger partial charge in [-0.3, -0.25) is 0 Å². The molecule has 0 N–H and O–H groups in total. The van der Waals surface area contributed by atoms with E-state index in [4.69, 9.17) is 0 Å². The van der Waals surface area contributed by atoms with Gasteiger partial charge in [-0.1, -0.05) is 26.2 Å². The van der Waals surface area contributed by atoms with Gasteiger partial charge in [-0.2, -0.15) is 4.99 Å². The van der Waals surface area contributed by atoms with Gasteiger partial charge in [0, 0.05) is 0 Å². The Labute approximate surface area is 68.7 Å². The molecule has 0 heterocycles. The maximum Gasteiger partial charge on any atom is 0.235 e. The zero-order valence-electron chi connectivity index (χ0n) is 7.68. The number of carbonyl (C=O) groups excluding carboxylic acids is 1. The van der Waals surface area contributed by atoms with Crippen molar-refractivity contribution in [1.29, 1.82) is 0 Å². The molecule has 64 valence electrons. The number of isocyanates is 1. The molecule has 0 saturated carbocycles. The molecule has 0 aliphatic carbocycles. The van der Waals surface area contributed by atoms with E-state index in [0.29, 0.717) is 0 Å². The van der Waals surface area contributed by atoms with Crippen LogP contribution in [0.4, 0.5) is 0 Å². The van der Waals surface area contributed by atoms with Crippen molar-refractivity contribution in [2.75, 3.05) is 0 Å². The fourth-order valence-electron chi connectivity index (χ4n) is 0.987. The van der Waals surface area contributed by atoms with Crippen molar-refractivity contribution >= 4 is 6.08 Å². The van der Waals surface area contributed by atoms with Crippen molar-refractivity contribution in [3.63, 3.8) is 0 Å². The summed E-state index contributed by atoms with van der Waals surface area (Å²) in [6, 6.07) is 0. The highest BCUT2D eigenvalue weighted by atomic mass is 16.1. The van der Waals surface area contributed by atoms with Crippen LogP contribution < -0.4 is 0 Å². The molecular weight excluding hydrogens is 138 g/mol. The second kappa shape index (κ2) is 5.09. The first-order chi connectivity index (χ1) is 5.12. The number of aliphatic imine (C=N–C) groups is 1. The van der Waals surface area contributed by atoms with Crippen LogP contribution in [0.1, 0.15) is 46.5 Å². The first-order valence-electron chi connectivity index (χ1n) is 4.21. The number of rotatable bonds is 5. The largest absolute Gasteiger partial charge is 0.235 e. The van der Waals surface area contributed by atoms with E-state index in [0.717, 1.165) is 12.8 Å². The van der Waals surface area contributed by atoms with Crippen LogP contribution in [0.3, 0.4) is 0 Å². The van der Waals surface area contributed by atoms with Crippen LogP contribution in [0.5, 0.6) is 0 Å². The van der Waals surface area contributed by atoms with Crippen LogP contribution in [-0.4, -0.2) is 11.6 Å². The zero-order chi connectivity index (χ0) is 8.74. The molecule has 0 spiro atoms. The van der Waals surface area contributed by atoms with Crippen LogP contribution >= 0.6 is 0 Å². The molecule has 2 nitrogen and oxygen atoms in total. The lowest BCUT2D eigenvalue weighted by atomic mass is 9.98. The molecule has 0 aromatic heterocycles. The summed E-state index contributed by atoms with van der Waals surface area (Å²) in [5, 5.41) is 0. The molecule has 0 saturated heterocycles.